The minimum Gasteiger partial charge on any atom is -0.508 e. The highest BCUT2D eigenvalue weighted by Crippen LogP contribution is 2.28. The molecule has 5 rings (SSSR count). The van der Waals surface area contributed by atoms with Gasteiger partial charge in [0, 0.05) is 17.8 Å². The standard InChI is InChI=1S/C27H21FN2O2/c28-23-9-5-4-8-22(23)27-30-24-16-21(12-13-26(24)32-27)29-17-20-11-10-19(15-25(20)31)14-18-6-2-1-3-7-18/h1-13,15-16,29,31H,14,17H2. The average molecular weight is 424 g/mol. The van der Waals surface area contributed by atoms with Gasteiger partial charge in [0.05, 0.1) is 5.56 Å². The van der Waals surface area contributed by atoms with Crippen molar-refractivity contribution in [3.05, 3.63) is 114 Å². The van der Waals surface area contributed by atoms with E-state index >= 15 is 0 Å². The molecule has 0 aliphatic carbocycles. The van der Waals surface area contributed by atoms with E-state index in [9.17, 15) is 9.50 Å². The van der Waals surface area contributed by atoms with E-state index in [0.29, 0.717) is 23.2 Å². The molecule has 0 saturated carbocycles. The molecule has 5 heteroatoms. The van der Waals surface area contributed by atoms with Crippen LogP contribution in [0.2, 0.25) is 0 Å². The maximum atomic E-state index is 14.0. The molecule has 0 saturated heterocycles. The Balaban J connectivity index is 1.30. The van der Waals surface area contributed by atoms with Crippen molar-refractivity contribution in [3.63, 3.8) is 0 Å². The zero-order valence-corrected chi connectivity index (χ0v) is 17.3. The zero-order valence-electron chi connectivity index (χ0n) is 17.3. The summed E-state index contributed by atoms with van der Waals surface area (Å²) in [6, 6.07) is 27.9. The fourth-order valence-corrected chi connectivity index (χ4v) is 3.68. The lowest BCUT2D eigenvalue weighted by Gasteiger charge is -2.10. The number of benzene rings is 4. The lowest BCUT2D eigenvalue weighted by molar-refractivity contribution is 0.468. The highest BCUT2D eigenvalue weighted by atomic mass is 19.1. The summed E-state index contributed by atoms with van der Waals surface area (Å²) in [5.74, 6) is 0.140. The van der Waals surface area contributed by atoms with Crippen molar-refractivity contribution < 1.29 is 13.9 Å². The van der Waals surface area contributed by atoms with Crippen LogP contribution >= 0.6 is 0 Å². The number of phenolic OH excluding ortho intramolecular Hbond substituents is 1. The third kappa shape index (κ3) is 4.18. The highest BCUT2D eigenvalue weighted by molar-refractivity contribution is 5.80. The van der Waals surface area contributed by atoms with Gasteiger partial charge in [-0.2, -0.15) is 0 Å². The van der Waals surface area contributed by atoms with E-state index in [-0.39, 0.29) is 17.5 Å². The van der Waals surface area contributed by atoms with Crippen LogP contribution < -0.4 is 5.32 Å². The average Bonchev–Trinajstić information content (AvgIpc) is 3.23. The first-order valence-electron chi connectivity index (χ1n) is 10.4. The van der Waals surface area contributed by atoms with E-state index in [1.165, 1.54) is 11.6 Å². The van der Waals surface area contributed by atoms with Crippen LogP contribution in [0.4, 0.5) is 10.1 Å². The van der Waals surface area contributed by atoms with Gasteiger partial charge in [0.25, 0.3) is 0 Å². The van der Waals surface area contributed by atoms with Crippen molar-refractivity contribution in [3.8, 4) is 17.2 Å². The van der Waals surface area contributed by atoms with E-state index in [2.05, 4.69) is 22.4 Å². The summed E-state index contributed by atoms with van der Waals surface area (Å²) in [5.41, 5.74) is 5.44. The van der Waals surface area contributed by atoms with Crippen LogP contribution in [0.15, 0.2) is 95.4 Å². The van der Waals surface area contributed by atoms with Gasteiger partial charge in [0.15, 0.2) is 5.58 Å². The van der Waals surface area contributed by atoms with E-state index in [1.807, 2.05) is 48.5 Å². The number of nitrogens with zero attached hydrogens (tertiary/aromatic N) is 1. The number of halogens is 1. The first-order chi connectivity index (χ1) is 15.7. The number of oxazole rings is 1. The maximum absolute atomic E-state index is 14.0. The van der Waals surface area contributed by atoms with Crippen molar-refractivity contribution in [1.82, 2.24) is 4.98 Å². The van der Waals surface area contributed by atoms with Crippen LogP contribution in [0.5, 0.6) is 5.75 Å². The third-order valence-electron chi connectivity index (χ3n) is 5.38. The monoisotopic (exact) mass is 424 g/mol. The van der Waals surface area contributed by atoms with Crippen LogP contribution in [0.1, 0.15) is 16.7 Å². The van der Waals surface area contributed by atoms with E-state index < -0.39 is 0 Å². The van der Waals surface area contributed by atoms with Crippen molar-refractivity contribution in [2.24, 2.45) is 0 Å². The van der Waals surface area contributed by atoms with E-state index in [0.717, 1.165) is 23.2 Å². The predicted molar refractivity (Wildman–Crippen MR) is 124 cm³/mol. The number of hydrogen-bond donors (Lipinski definition) is 2. The van der Waals surface area contributed by atoms with Gasteiger partial charge in [-0.05, 0) is 53.9 Å². The molecule has 32 heavy (non-hydrogen) atoms. The lowest BCUT2D eigenvalue weighted by Crippen LogP contribution is -2.00. The SMILES string of the molecule is Oc1cc(Cc2ccccc2)ccc1CNc1ccc2oc(-c3ccccc3F)nc2c1. The Hall–Kier alpha value is -4.12. The summed E-state index contributed by atoms with van der Waals surface area (Å²) < 4.78 is 19.8. The smallest absolute Gasteiger partial charge is 0.230 e. The van der Waals surface area contributed by atoms with Gasteiger partial charge >= 0.3 is 0 Å². The van der Waals surface area contributed by atoms with Crippen molar-refractivity contribution in [1.29, 1.82) is 0 Å². The van der Waals surface area contributed by atoms with Gasteiger partial charge < -0.3 is 14.8 Å². The summed E-state index contributed by atoms with van der Waals surface area (Å²) in [5, 5.41) is 13.8. The third-order valence-corrected chi connectivity index (χ3v) is 5.38. The molecule has 1 aromatic heterocycles. The number of nitrogens with one attached hydrogen (secondary N) is 1. The second-order valence-corrected chi connectivity index (χ2v) is 7.66. The number of aromatic hydroxyl groups is 1. The number of aromatic nitrogens is 1. The van der Waals surface area contributed by atoms with Gasteiger partial charge in [0.1, 0.15) is 17.1 Å². The van der Waals surface area contributed by atoms with E-state index in [4.69, 9.17) is 4.42 Å². The number of hydrogen-bond acceptors (Lipinski definition) is 4. The zero-order chi connectivity index (χ0) is 21.9. The van der Waals surface area contributed by atoms with Gasteiger partial charge in [0.2, 0.25) is 5.89 Å². The Morgan fingerprint density at radius 1 is 0.844 bits per heavy atom. The van der Waals surface area contributed by atoms with Gasteiger partial charge in [-0.15, -0.1) is 0 Å². The molecule has 5 aromatic rings. The Kier molecular flexibility index (Phi) is 5.30. The molecule has 0 aliphatic heterocycles. The molecule has 0 amide bonds. The fourth-order valence-electron chi connectivity index (χ4n) is 3.68. The quantitative estimate of drug-likeness (QED) is 0.325. The van der Waals surface area contributed by atoms with Crippen LogP contribution in [0, 0.1) is 5.82 Å². The molecule has 0 unspecified atom stereocenters. The van der Waals surface area contributed by atoms with Crippen LogP contribution in [-0.2, 0) is 13.0 Å². The summed E-state index contributed by atoms with van der Waals surface area (Å²) in [7, 11) is 0. The second-order valence-electron chi connectivity index (χ2n) is 7.66. The van der Waals surface area contributed by atoms with Crippen LogP contribution in [0.25, 0.3) is 22.6 Å². The number of phenols is 1. The van der Waals surface area contributed by atoms with Gasteiger partial charge in [-0.25, -0.2) is 9.37 Å². The maximum Gasteiger partial charge on any atom is 0.230 e. The molecule has 0 fully saturated rings. The normalized spacial score (nSPS) is 11.0. The van der Waals surface area contributed by atoms with Crippen molar-refractivity contribution in [2.75, 3.05) is 5.32 Å². The molecule has 0 radical (unpaired) electrons. The summed E-state index contributed by atoms with van der Waals surface area (Å²) in [6.45, 7) is 0.459. The molecular formula is C27H21FN2O2. The molecule has 0 spiro atoms. The molecule has 158 valence electrons. The fraction of sp³-hybridized carbons (Fsp3) is 0.0741. The van der Waals surface area contributed by atoms with Crippen molar-refractivity contribution >= 4 is 16.8 Å². The predicted octanol–water partition coefficient (Wildman–Crippen LogP) is 6.54. The molecule has 0 aliphatic rings. The Bertz CT molecular complexity index is 1380. The molecule has 1 heterocycles. The first-order valence-corrected chi connectivity index (χ1v) is 10.4. The molecule has 0 bridgehead atoms. The van der Waals surface area contributed by atoms with Gasteiger partial charge in [-0.1, -0.05) is 54.6 Å². The molecule has 2 N–H and O–H groups in total. The molecule has 0 atom stereocenters. The molecule has 4 aromatic carbocycles. The Labute approximate surface area is 185 Å². The Morgan fingerprint density at radius 3 is 2.47 bits per heavy atom. The molecular weight excluding hydrogens is 403 g/mol. The van der Waals surface area contributed by atoms with Crippen LogP contribution in [-0.4, -0.2) is 10.1 Å². The number of rotatable bonds is 6. The topological polar surface area (TPSA) is 58.3 Å². The van der Waals surface area contributed by atoms with Gasteiger partial charge in [-0.3, -0.25) is 0 Å². The van der Waals surface area contributed by atoms with Crippen molar-refractivity contribution in [2.45, 2.75) is 13.0 Å². The summed E-state index contributed by atoms with van der Waals surface area (Å²) in [6.07, 6.45) is 0.773. The van der Waals surface area contributed by atoms with Crippen LogP contribution in [0.3, 0.4) is 0 Å². The lowest BCUT2D eigenvalue weighted by atomic mass is 10.0. The summed E-state index contributed by atoms with van der Waals surface area (Å²) >= 11 is 0. The number of anilines is 1. The first kappa shape index (κ1) is 19.8. The second kappa shape index (κ2) is 8.55. The molecule has 4 nitrogen and oxygen atoms in total. The summed E-state index contributed by atoms with van der Waals surface area (Å²) in [4.78, 5) is 4.43. The number of fused-ring (bicyclic) bond motifs is 1. The highest BCUT2D eigenvalue weighted by Gasteiger charge is 2.12. The minimum absolute atomic E-state index is 0.252. The minimum atomic E-state index is -0.372. The Morgan fingerprint density at radius 2 is 1.66 bits per heavy atom. The van der Waals surface area contributed by atoms with E-state index in [1.54, 1.807) is 24.3 Å². The largest absolute Gasteiger partial charge is 0.508 e.